The highest BCUT2D eigenvalue weighted by molar-refractivity contribution is 8.26. The zero-order chi connectivity index (χ0) is 25.9. The molecule has 2 heterocycles. The third-order valence-electron chi connectivity index (χ3n) is 5.62. The number of amides is 1. The minimum atomic E-state index is -3.15. The van der Waals surface area contributed by atoms with Gasteiger partial charge in [-0.15, -0.1) is 0 Å². The van der Waals surface area contributed by atoms with E-state index in [9.17, 15) is 18.0 Å². The van der Waals surface area contributed by atoms with Crippen molar-refractivity contribution in [2.24, 2.45) is 0 Å². The van der Waals surface area contributed by atoms with Crippen LogP contribution in [0.1, 0.15) is 17.5 Å². The second-order valence-electron chi connectivity index (χ2n) is 8.05. The van der Waals surface area contributed by atoms with Crippen molar-refractivity contribution < 1.29 is 32.2 Å². The summed E-state index contributed by atoms with van der Waals surface area (Å²) in [5.74, 6) is 0.339. The zero-order valence-electron chi connectivity index (χ0n) is 19.5. The molecule has 2 saturated heterocycles. The Bertz CT molecular complexity index is 1360. The molecule has 0 saturated carbocycles. The molecule has 8 nitrogen and oxygen atoms in total. The van der Waals surface area contributed by atoms with Gasteiger partial charge in [-0.05, 0) is 54.0 Å². The maximum Gasteiger partial charge on any atom is 0.336 e. The third-order valence-corrected chi connectivity index (χ3v) is 8.70. The standard InChI is InChI=1S/C25H23NO7S3/c1-31-19-7-3-16(4-8-19)6-10-23(27)33-20-9-5-17(13-21(20)32-2)14-22-24(28)26(25(34)35-22)18-11-12-36(29,30)15-18/h3-10,13-14,18H,11-12,15H2,1-2H3/b10-6+,22-14-/t18-/m0/s1. The number of esters is 1. The molecule has 0 spiro atoms. The number of hydrogen-bond donors (Lipinski definition) is 0. The van der Waals surface area contributed by atoms with Gasteiger partial charge in [0.15, 0.2) is 21.3 Å². The van der Waals surface area contributed by atoms with Crippen molar-refractivity contribution in [2.45, 2.75) is 12.5 Å². The van der Waals surface area contributed by atoms with Gasteiger partial charge >= 0.3 is 5.97 Å². The molecule has 0 unspecified atom stereocenters. The van der Waals surface area contributed by atoms with Crippen LogP contribution in [-0.2, 0) is 19.4 Å². The Hall–Kier alpha value is -3.15. The molecule has 188 valence electrons. The van der Waals surface area contributed by atoms with E-state index in [1.807, 2.05) is 12.1 Å². The van der Waals surface area contributed by atoms with Gasteiger partial charge in [0.1, 0.15) is 10.1 Å². The fourth-order valence-electron chi connectivity index (χ4n) is 3.80. The number of rotatable bonds is 7. The lowest BCUT2D eigenvalue weighted by Crippen LogP contribution is -2.39. The molecule has 0 N–H and O–H groups in total. The molecule has 4 rings (SSSR count). The molecule has 2 fully saturated rings. The average molecular weight is 546 g/mol. The summed E-state index contributed by atoms with van der Waals surface area (Å²) in [6.45, 7) is 0. The maximum atomic E-state index is 12.9. The lowest BCUT2D eigenvalue weighted by Gasteiger charge is -2.20. The van der Waals surface area contributed by atoms with Gasteiger partial charge in [0.2, 0.25) is 0 Å². The maximum absolute atomic E-state index is 12.9. The predicted molar refractivity (Wildman–Crippen MR) is 143 cm³/mol. The normalized spacial score (nSPS) is 20.3. The summed E-state index contributed by atoms with van der Waals surface area (Å²) in [5.41, 5.74) is 1.45. The van der Waals surface area contributed by atoms with Crippen LogP contribution in [0.15, 0.2) is 53.4 Å². The van der Waals surface area contributed by atoms with Gasteiger partial charge in [0, 0.05) is 6.08 Å². The molecule has 0 radical (unpaired) electrons. The summed E-state index contributed by atoms with van der Waals surface area (Å²) < 4.78 is 39.9. The SMILES string of the molecule is COc1ccc(/C=C/C(=O)Oc2ccc(/C=C3\SC(=S)N([C@H]4CCS(=O)(=O)C4)C3=O)cc2OC)cc1. The molecule has 36 heavy (non-hydrogen) atoms. The number of carbonyl (C=O) groups is 2. The van der Waals surface area contributed by atoms with E-state index in [0.717, 1.165) is 17.3 Å². The van der Waals surface area contributed by atoms with Crippen molar-refractivity contribution in [3.05, 3.63) is 64.6 Å². The van der Waals surface area contributed by atoms with Crippen LogP contribution >= 0.6 is 24.0 Å². The first-order chi connectivity index (χ1) is 17.2. The van der Waals surface area contributed by atoms with Gasteiger partial charge < -0.3 is 14.2 Å². The molecule has 0 bridgehead atoms. The van der Waals surface area contributed by atoms with Gasteiger partial charge in [-0.3, -0.25) is 9.69 Å². The highest BCUT2D eigenvalue weighted by atomic mass is 32.2. The molecule has 1 amide bonds. The molecule has 1 atom stereocenters. The number of hydrogen-bond acceptors (Lipinski definition) is 9. The molecular weight excluding hydrogens is 522 g/mol. The first kappa shape index (κ1) is 25.9. The molecule has 2 aliphatic heterocycles. The Morgan fingerprint density at radius 2 is 1.81 bits per heavy atom. The van der Waals surface area contributed by atoms with Gasteiger partial charge in [-0.25, -0.2) is 13.2 Å². The lowest BCUT2D eigenvalue weighted by atomic mass is 10.1. The topological polar surface area (TPSA) is 99.2 Å². The predicted octanol–water partition coefficient (Wildman–Crippen LogP) is 3.71. The number of methoxy groups -OCH3 is 2. The number of sulfone groups is 1. The Labute approximate surface area is 218 Å². The molecule has 0 aliphatic carbocycles. The summed E-state index contributed by atoms with van der Waals surface area (Å²) in [4.78, 5) is 27.1. The summed E-state index contributed by atoms with van der Waals surface area (Å²) in [5, 5.41) is 0. The smallest absolute Gasteiger partial charge is 0.336 e. The number of carbonyl (C=O) groups excluding carboxylic acids is 2. The van der Waals surface area contributed by atoms with Crippen LogP contribution in [0.3, 0.4) is 0 Å². The van der Waals surface area contributed by atoms with Crippen molar-refractivity contribution >= 4 is 62.2 Å². The molecule has 2 aromatic rings. The first-order valence-corrected chi connectivity index (χ1v) is 13.9. The number of nitrogens with zero attached hydrogens (tertiary/aromatic N) is 1. The highest BCUT2D eigenvalue weighted by Crippen LogP contribution is 2.37. The van der Waals surface area contributed by atoms with Gasteiger partial charge in [-0.1, -0.05) is 42.2 Å². The van der Waals surface area contributed by atoms with E-state index in [-0.39, 0.29) is 23.2 Å². The summed E-state index contributed by atoms with van der Waals surface area (Å²) in [7, 11) is -0.125. The molecule has 2 aliphatic rings. The van der Waals surface area contributed by atoms with Crippen LogP contribution in [0, 0.1) is 0 Å². The molecule has 0 aromatic heterocycles. The van der Waals surface area contributed by atoms with Crippen LogP contribution < -0.4 is 14.2 Å². The van der Waals surface area contributed by atoms with Gasteiger partial charge in [-0.2, -0.15) is 0 Å². The number of thioether (sulfide) groups is 1. The van der Waals surface area contributed by atoms with E-state index < -0.39 is 21.8 Å². The van der Waals surface area contributed by atoms with Crippen molar-refractivity contribution in [3.63, 3.8) is 0 Å². The molecule has 2 aromatic carbocycles. The molecule has 11 heteroatoms. The van der Waals surface area contributed by atoms with Gasteiger partial charge in [0.25, 0.3) is 5.91 Å². The minimum absolute atomic E-state index is 0.0560. The highest BCUT2D eigenvalue weighted by Gasteiger charge is 2.42. The fourth-order valence-corrected chi connectivity index (χ4v) is 6.91. The Morgan fingerprint density at radius 1 is 1.08 bits per heavy atom. The quantitative estimate of drug-likeness (QED) is 0.223. The van der Waals surface area contributed by atoms with Crippen LogP contribution in [0.5, 0.6) is 17.2 Å². The van der Waals surface area contributed by atoms with E-state index in [0.29, 0.717) is 32.7 Å². The van der Waals surface area contributed by atoms with Crippen molar-refractivity contribution in [3.8, 4) is 17.2 Å². The van der Waals surface area contributed by atoms with E-state index >= 15 is 0 Å². The lowest BCUT2D eigenvalue weighted by molar-refractivity contribution is -0.129. The number of ether oxygens (including phenoxy) is 3. The van der Waals surface area contributed by atoms with Crippen molar-refractivity contribution in [1.82, 2.24) is 4.90 Å². The van der Waals surface area contributed by atoms with E-state index in [1.165, 1.54) is 18.1 Å². The van der Waals surface area contributed by atoms with Gasteiger partial charge in [0.05, 0.1) is 36.7 Å². The largest absolute Gasteiger partial charge is 0.497 e. The molecular formula is C25H23NO7S3. The zero-order valence-corrected chi connectivity index (χ0v) is 22.0. The Morgan fingerprint density at radius 3 is 2.44 bits per heavy atom. The summed E-state index contributed by atoms with van der Waals surface area (Å²) >= 11 is 6.48. The second kappa shape index (κ2) is 10.9. The van der Waals surface area contributed by atoms with Crippen molar-refractivity contribution in [2.75, 3.05) is 25.7 Å². The van der Waals surface area contributed by atoms with Crippen LogP contribution in [0.4, 0.5) is 0 Å². The third kappa shape index (κ3) is 5.97. The fraction of sp³-hybridized carbons (Fsp3) is 0.240. The Balaban J connectivity index is 1.45. The van der Waals surface area contributed by atoms with Crippen molar-refractivity contribution in [1.29, 1.82) is 0 Å². The van der Waals surface area contributed by atoms with E-state index in [4.69, 9.17) is 26.4 Å². The Kier molecular flexibility index (Phi) is 7.82. The monoisotopic (exact) mass is 545 g/mol. The van der Waals surface area contributed by atoms with Crippen LogP contribution in [-0.4, -0.2) is 61.3 Å². The average Bonchev–Trinajstić information content (AvgIpc) is 3.35. The summed E-state index contributed by atoms with van der Waals surface area (Å²) in [6, 6.07) is 11.7. The number of benzene rings is 2. The summed E-state index contributed by atoms with van der Waals surface area (Å²) in [6.07, 6.45) is 4.97. The van der Waals surface area contributed by atoms with E-state index in [1.54, 1.807) is 49.6 Å². The number of thiocarbonyl (C=S) groups is 1. The van der Waals surface area contributed by atoms with E-state index in [2.05, 4.69) is 0 Å². The minimum Gasteiger partial charge on any atom is -0.497 e. The first-order valence-electron chi connectivity index (χ1n) is 10.9. The second-order valence-corrected chi connectivity index (χ2v) is 12.0. The van der Waals surface area contributed by atoms with Crippen LogP contribution in [0.25, 0.3) is 12.2 Å². The van der Waals surface area contributed by atoms with Crippen LogP contribution in [0.2, 0.25) is 0 Å².